The largest absolute Gasteiger partial charge is 0.416 e. The SMILES string of the molecule is CC(=CC(=O)NCCS(=O)(=O)C(C)(C)C)c1ccc(C(F)(F)F)cc1. The number of hydrogen-bond acceptors (Lipinski definition) is 3. The molecule has 0 heterocycles. The Bertz CT molecular complexity index is 743. The van der Waals surface area contributed by atoms with Gasteiger partial charge in [0.2, 0.25) is 5.91 Å². The molecule has 0 atom stereocenters. The molecule has 1 N–H and O–H groups in total. The van der Waals surface area contributed by atoms with Crippen molar-refractivity contribution < 1.29 is 26.4 Å². The second-order valence-corrected chi connectivity index (χ2v) is 9.49. The molecule has 0 aliphatic carbocycles. The lowest BCUT2D eigenvalue weighted by atomic mass is 10.0. The van der Waals surface area contributed by atoms with E-state index in [0.717, 1.165) is 12.1 Å². The van der Waals surface area contributed by atoms with Gasteiger partial charge in [-0.3, -0.25) is 4.79 Å². The number of sulfone groups is 1. The van der Waals surface area contributed by atoms with E-state index < -0.39 is 32.2 Å². The molecule has 1 aromatic rings. The smallest absolute Gasteiger partial charge is 0.352 e. The molecule has 0 aliphatic rings. The first-order valence-corrected chi connectivity index (χ1v) is 9.25. The highest BCUT2D eigenvalue weighted by atomic mass is 32.2. The van der Waals surface area contributed by atoms with Crippen LogP contribution in [0.25, 0.3) is 5.57 Å². The lowest BCUT2D eigenvalue weighted by Crippen LogP contribution is -2.36. The molecule has 0 unspecified atom stereocenters. The molecule has 25 heavy (non-hydrogen) atoms. The van der Waals surface area contributed by atoms with Crippen molar-refractivity contribution in [2.75, 3.05) is 12.3 Å². The number of amides is 1. The normalized spacial score (nSPS) is 13.6. The van der Waals surface area contributed by atoms with E-state index in [1.165, 1.54) is 18.2 Å². The fourth-order valence-corrected chi connectivity index (χ4v) is 2.85. The molecule has 1 rings (SSSR count). The van der Waals surface area contributed by atoms with Crippen LogP contribution in [0.15, 0.2) is 30.3 Å². The van der Waals surface area contributed by atoms with Crippen molar-refractivity contribution >= 4 is 21.3 Å². The molecule has 0 radical (unpaired) electrons. The maximum Gasteiger partial charge on any atom is 0.416 e. The Balaban J connectivity index is 2.69. The number of rotatable bonds is 5. The van der Waals surface area contributed by atoms with E-state index in [-0.39, 0.29) is 12.3 Å². The average molecular weight is 377 g/mol. The summed E-state index contributed by atoms with van der Waals surface area (Å²) in [6, 6.07) is 4.46. The maximum atomic E-state index is 12.5. The summed E-state index contributed by atoms with van der Waals surface area (Å²) < 4.78 is 60.5. The summed E-state index contributed by atoms with van der Waals surface area (Å²) in [4.78, 5) is 11.8. The van der Waals surface area contributed by atoms with Gasteiger partial charge < -0.3 is 5.32 Å². The summed E-state index contributed by atoms with van der Waals surface area (Å²) in [6.07, 6.45) is -3.18. The van der Waals surface area contributed by atoms with Crippen LogP contribution in [-0.4, -0.2) is 31.4 Å². The van der Waals surface area contributed by atoms with E-state index in [0.29, 0.717) is 11.1 Å². The van der Waals surface area contributed by atoms with Gasteiger partial charge in [0.15, 0.2) is 9.84 Å². The molecular weight excluding hydrogens is 355 g/mol. The number of alkyl halides is 3. The molecule has 0 spiro atoms. The molecule has 0 saturated carbocycles. The molecule has 0 fully saturated rings. The van der Waals surface area contributed by atoms with Crippen LogP contribution in [0.1, 0.15) is 38.8 Å². The fraction of sp³-hybridized carbons (Fsp3) is 0.471. The minimum absolute atomic E-state index is 0.0325. The number of carbonyl (C=O) groups is 1. The van der Waals surface area contributed by atoms with E-state index >= 15 is 0 Å². The highest BCUT2D eigenvalue weighted by Gasteiger charge is 2.30. The Labute approximate surface area is 146 Å². The summed E-state index contributed by atoms with van der Waals surface area (Å²) in [7, 11) is -3.33. The zero-order valence-corrected chi connectivity index (χ0v) is 15.4. The zero-order valence-electron chi connectivity index (χ0n) is 14.6. The molecule has 0 saturated heterocycles. The number of carbonyl (C=O) groups excluding carboxylic acids is 1. The van der Waals surface area contributed by atoms with Crippen LogP contribution in [0.4, 0.5) is 13.2 Å². The van der Waals surface area contributed by atoms with E-state index in [9.17, 15) is 26.4 Å². The number of nitrogens with one attached hydrogen (secondary N) is 1. The van der Waals surface area contributed by atoms with E-state index in [4.69, 9.17) is 0 Å². The van der Waals surface area contributed by atoms with Crippen LogP contribution < -0.4 is 5.32 Å². The molecule has 1 amide bonds. The Kier molecular flexibility index (Phi) is 6.44. The van der Waals surface area contributed by atoms with Crippen LogP contribution in [0, 0.1) is 0 Å². The summed E-state index contributed by atoms with van der Waals surface area (Å²) in [5.74, 6) is -0.684. The molecule has 0 aromatic heterocycles. The number of allylic oxidation sites excluding steroid dienone is 1. The van der Waals surface area contributed by atoms with Crippen LogP contribution >= 0.6 is 0 Å². The predicted molar refractivity (Wildman–Crippen MR) is 91.6 cm³/mol. The van der Waals surface area contributed by atoms with Crippen molar-refractivity contribution in [2.24, 2.45) is 0 Å². The summed E-state index contributed by atoms with van der Waals surface area (Å²) >= 11 is 0. The summed E-state index contributed by atoms with van der Waals surface area (Å²) in [5, 5.41) is 2.47. The van der Waals surface area contributed by atoms with Gasteiger partial charge in [-0.1, -0.05) is 12.1 Å². The van der Waals surface area contributed by atoms with Gasteiger partial charge in [0.05, 0.1) is 16.1 Å². The van der Waals surface area contributed by atoms with Crippen molar-refractivity contribution in [2.45, 2.75) is 38.6 Å². The van der Waals surface area contributed by atoms with Crippen molar-refractivity contribution in [1.29, 1.82) is 0 Å². The van der Waals surface area contributed by atoms with Crippen LogP contribution in [0.2, 0.25) is 0 Å². The molecule has 8 heteroatoms. The van der Waals surface area contributed by atoms with Crippen molar-refractivity contribution in [3.05, 3.63) is 41.5 Å². The molecule has 4 nitrogen and oxygen atoms in total. The van der Waals surface area contributed by atoms with Crippen molar-refractivity contribution in [1.82, 2.24) is 5.32 Å². The topological polar surface area (TPSA) is 63.2 Å². The number of hydrogen-bond donors (Lipinski definition) is 1. The lowest BCUT2D eigenvalue weighted by Gasteiger charge is -2.18. The Morgan fingerprint density at radius 3 is 2.08 bits per heavy atom. The van der Waals surface area contributed by atoms with Gasteiger partial charge in [-0.25, -0.2) is 8.42 Å². The standard InChI is InChI=1S/C17H22F3NO3S/c1-12(13-5-7-14(8-6-13)17(18,19)20)11-15(22)21-9-10-25(23,24)16(2,3)4/h5-8,11H,9-10H2,1-4H3,(H,21,22). The molecule has 140 valence electrons. The van der Waals surface area contributed by atoms with Gasteiger partial charge in [-0.05, 0) is 51.0 Å². The Morgan fingerprint density at radius 1 is 1.12 bits per heavy atom. The van der Waals surface area contributed by atoms with Gasteiger partial charge in [0.25, 0.3) is 0 Å². The molecule has 1 aromatic carbocycles. The van der Waals surface area contributed by atoms with E-state index in [2.05, 4.69) is 5.32 Å². The summed E-state index contributed by atoms with van der Waals surface area (Å²) in [6.45, 7) is 6.31. The molecule has 0 aliphatic heterocycles. The van der Waals surface area contributed by atoms with Crippen LogP contribution in [0.3, 0.4) is 0 Å². The fourth-order valence-electron chi connectivity index (χ4n) is 1.87. The third-order valence-electron chi connectivity index (χ3n) is 3.62. The van der Waals surface area contributed by atoms with Gasteiger partial charge in [-0.2, -0.15) is 13.2 Å². The molecular formula is C17H22F3NO3S. The Hall–Kier alpha value is -1.83. The van der Waals surface area contributed by atoms with Crippen LogP contribution in [0.5, 0.6) is 0 Å². The van der Waals surface area contributed by atoms with Crippen molar-refractivity contribution in [3.63, 3.8) is 0 Å². The highest BCUT2D eigenvalue weighted by Crippen LogP contribution is 2.30. The molecule has 0 bridgehead atoms. The van der Waals surface area contributed by atoms with Gasteiger partial charge in [0.1, 0.15) is 0 Å². The quantitative estimate of drug-likeness (QED) is 0.800. The first-order valence-electron chi connectivity index (χ1n) is 7.60. The van der Waals surface area contributed by atoms with E-state index in [1.807, 2.05) is 0 Å². The second kappa shape index (κ2) is 7.59. The lowest BCUT2D eigenvalue weighted by molar-refractivity contribution is -0.137. The van der Waals surface area contributed by atoms with Crippen molar-refractivity contribution in [3.8, 4) is 0 Å². The third kappa shape index (κ3) is 6.19. The van der Waals surface area contributed by atoms with Crippen LogP contribution in [-0.2, 0) is 20.8 Å². The minimum Gasteiger partial charge on any atom is -0.352 e. The number of halogens is 3. The average Bonchev–Trinajstić information content (AvgIpc) is 2.45. The number of benzene rings is 1. The van der Waals surface area contributed by atoms with Gasteiger partial charge in [-0.15, -0.1) is 0 Å². The first-order chi connectivity index (χ1) is 11.2. The zero-order chi connectivity index (χ0) is 19.5. The van der Waals surface area contributed by atoms with Gasteiger partial charge >= 0.3 is 6.18 Å². The third-order valence-corrected chi connectivity index (χ3v) is 6.23. The predicted octanol–water partition coefficient (Wildman–Crippen LogP) is 3.44. The monoisotopic (exact) mass is 377 g/mol. The minimum atomic E-state index is -4.41. The van der Waals surface area contributed by atoms with Gasteiger partial charge in [0, 0.05) is 12.6 Å². The highest BCUT2D eigenvalue weighted by molar-refractivity contribution is 7.92. The first kappa shape index (κ1) is 21.2. The Morgan fingerprint density at radius 2 is 1.64 bits per heavy atom. The second-order valence-electron chi connectivity index (χ2n) is 6.62. The van der Waals surface area contributed by atoms with E-state index in [1.54, 1.807) is 27.7 Å². The maximum absolute atomic E-state index is 12.5. The summed E-state index contributed by atoms with van der Waals surface area (Å²) in [5.41, 5.74) is 0.191.